The van der Waals surface area contributed by atoms with Crippen molar-refractivity contribution in [2.75, 3.05) is 31.1 Å². The molecule has 1 aromatic rings. The minimum Gasteiger partial charge on any atom is -0.368 e. The summed E-state index contributed by atoms with van der Waals surface area (Å²) in [6.45, 7) is 4.63. The van der Waals surface area contributed by atoms with Gasteiger partial charge in [0.2, 0.25) is 0 Å². The Morgan fingerprint density at radius 2 is 2.17 bits per heavy atom. The second-order valence-electron chi connectivity index (χ2n) is 5.06. The molecule has 2 aliphatic heterocycles. The summed E-state index contributed by atoms with van der Waals surface area (Å²) in [6, 6.07) is 8.78. The van der Waals surface area contributed by atoms with E-state index in [1.54, 1.807) is 0 Å². The molecule has 0 aromatic heterocycles. The number of benzene rings is 1. The zero-order valence-electron chi connectivity index (χ0n) is 10.3. The number of nitriles is 1. The normalized spacial score (nSPS) is 23.8. The summed E-state index contributed by atoms with van der Waals surface area (Å²) < 4.78 is 1.04. The van der Waals surface area contributed by atoms with Crippen molar-refractivity contribution in [3.63, 3.8) is 0 Å². The number of hydrogen-bond acceptors (Lipinski definition) is 3. The fourth-order valence-electron chi connectivity index (χ4n) is 3.04. The van der Waals surface area contributed by atoms with Crippen LogP contribution < -0.4 is 4.90 Å². The van der Waals surface area contributed by atoms with Gasteiger partial charge in [-0.25, -0.2) is 0 Å². The SMILES string of the molecule is N#Cc1ccc(N2CCN3CCCC3C2)c(Br)c1. The lowest BCUT2D eigenvalue weighted by Gasteiger charge is -2.39. The van der Waals surface area contributed by atoms with Crippen LogP contribution in [0.5, 0.6) is 0 Å². The summed E-state index contributed by atoms with van der Waals surface area (Å²) >= 11 is 3.59. The molecule has 4 heteroatoms. The monoisotopic (exact) mass is 305 g/mol. The van der Waals surface area contributed by atoms with Gasteiger partial charge in [-0.2, -0.15) is 5.26 Å². The van der Waals surface area contributed by atoms with Gasteiger partial charge in [0.1, 0.15) is 0 Å². The van der Waals surface area contributed by atoms with Gasteiger partial charge in [0.15, 0.2) is 0 Å². The third-order valence-electron chi connectivity index (χ3n) is 4.00. The Labute approximate surface area is 116 Å². The Morgan fingerprint density at radius 3 is 2.94 bits per heavy atom. The van der Waals surface area contributed by atoms with Crippen molar-refractivity contribution in [3.05, 3.63) is 28.2 Å². The Hall–Kier alpha value is -1.05. The first-order valence-corrected chi connectivity index (χ1v) is 7.26. The third-order valence-corrected chi connectivity index (χ3v) is 4.64. The number of anilines is 1. The van der Waals surface area contributed by atoms with Gasteiger partial charge >= 0.3 is 0 Å². The van der Waals surface area contributed by atoms with Crippen LogP contribution in [-0.4, -0.2) is 37.1 Å². The Kier molecular flexibility index (Phi) is 3.27. The fourth-order valence-corrected chi connectivity index (χ4v) is 3.67. The quantitative estimate of drug-likeness (QED) is 0.799. The van der Waals surface area contributed by atoms with Gasteiger partial charge in [0, 0.05) is 30.1 Å². The first kappa shape index (κ1) is 12.0. The van der Waals surface area contributed by atoms with Crippen LogP contribution in [-0.2, 0) is 0 Å². The predicted octanol–water partition coefficient (Wildman–Crippen LogP) is 2.61. The van der Waals surface area contributed by atoms with E-state index in [9.17, 15) is 0 Å². The van der Waals surface area contributed by atoms with E-state index in [2.05, 4.69) is 37.9 Å². The van der Waals surface area contributed by atoms with Crippen LogP contribution in [0.1, 0.15) is 18.4 Å². The maximum atomic E-state index is 8.90. The zero-order chi connectivity index (χ0) is 12.5. The van der Waals surface area contributed by atoms with Crippen LogP contribution in [0.3, 0.4) is 0 Å². The van der Waals surface area contributed by atoms with Crippen molar-refractivity contribution in [1.29, 1.82) is 5.26 Å². The average Bonchev–Trinajstić information content (AvgIpc) is 2.85. The maximum absolute atomic E-state index is 8.90. The molecule has 1 unspecified atom stereocenters. The molecule has 0 aliphatic carbocycles. The van der Waals surface area contributed by atoms with E-state index in [-0.39, 0.29) is 0 Å². The first-order valence-electron chi connectivity index (χ1n) is 6.46. The van der Waals surface area contributed by atoms with Gasteiger partial charge in [-0.15, -0.1) is 0 Å². The molecule has 0 spiro atoms. The van der Waals surface area contributed by atoms with E-state index < -0.39 is 0 Å². The van der Waals surface area contributed by atoms with Gasteiger partial charge in [-0.1, -0.05) is 0 Å². The maximum Gasteiger partial charge on any atom is 0.0992 e. The van der Waals surface area contributed by atoms with Gasteiger partial charge in [-0.05, 0) is 53.5 Å². The van der Waals surface area contributed by atoms with E-state index >= 15 is 0 Å². The van der Waals surface area contributed by atoms with Crippen molar-refractivity contribution in [2.24, 2.45) is 0 Å². The summed E-state index contributed by atoms with van der Waals surface area (Å²) in [7, 11) is 0. The van der Waals surface area contributed by atoms with Crippen LogP contribution >= 0.6 is 15.9 Å². The minimum absolute atomic E-state index is 0.713. The van der Waals surface area contributed by atoms with Gasteiger partial charge in [-0.3, -0.25) is 4.90 Å². The number of piperazine rings is 1. The molecule has 2 aliphatic rings. The van der Waals surface area contributed by atoms with Crippen LogP contribution in [0.4, 0.5) is 5.69 Å². The highest BCUT2D eigenvalue weighted by Gasteiger charge is 2.31. The van der Waals surface area contributed by atoms with E-state index in [0.29, 0.717) is 5.56 Å². The van der Waals surface area contributed by atoms with E-state index in [1.807, 2.05) is 12.1 Å². The molecule has 2 saturated heterocycles. The highest BCUT2D eigenvalue weighted by molar-refractivity contribution is 9.10. The molecule has 0 amide bonds. The molecule has 0 saturated carbocycles. The lowest BCUT2D eigenvalue weighted by atomic mass is 10.1. The van der Waals surface area contributed by atoms with Crippen molar-refractivity contribution in [1.82, 2.24) is 4.90 Å². The van der Waals surface area contributed by atoms with Crippen LogP contribution in [0, 0.1) is 11.3 Å². The second-order valence-corrected chi connectivity index (χ2v) is 5.91. The largest absolute Gasteiger partial charge is 0.368 e. The highest BCUT2D eigenvalue weighted by Crippen LogP contribution is 2.31. The number of fused-ring (bicyclic) bond motifs is 1. The standard InChI is InChI=1S/C14H16BrN3/c15-13-8-11(9-16)3-4-14(13)18-7-6-17-5-1-2-12(17)10-18/h3-4,8,12H,1-2,5-7,10H2. The van der Waals surface area contributed by atoms with Gasteiger partial charge < -0.3 is 4.90 Å². The fraction of sp³-hybridized carbons (Fsp3) is 0.500. The first-order chi connectivity index (χ1) is 8.78. The molecule has 1 aromatic carbocycles. The van der Waals surface area contributed by atoms with Crippen molar-refractivity contribution in [3.8, 4) is 6.07 Å². The minimum atomic E-state index is 0.713. The molecule has 0 bridgehead atoms. The van der Waals surface area contributed by atoms with Crippen molar-refractivity contribution >= 4 is 21.6 Å². The molecular weight excluding hydrogens is 290 g/mol. The molecule has 94 valence electrons. The average molecular weight is 306 g/mol. The molecule has 2 heterocycles. The lowest BCUT2D eigenvalue weighted by molar-refractivity contribution is 0.231. The van der Waals surface area contributed by atoms with Crippen LogP contribution in [0.15, 0.2) is 22.7 Å². The summed E-state index contributed by atoms with van der Waals surface area (Å²) in [5, 5.41) is 8.90. The van der Waals surface area contributed by atoms with Crippen molar-refractivity contribution < 1.29 is 0 Å². The highest BCUT2D eigenvalue weighted by atomic mass is 79.9. The summed E-state index contributed by atoms with van der Waals surface area (Å²) in [5.74, 6) is 0. The molecule has 18 heavy (non-hydrogen) atoms. The molecule has 0 N–H and O–H groups in total. The summed E-state index contributed by atoms with van der Waals surface area (Å²) in [5.41, 5.74) is 1.94. The molecular formula is C14H16BrN3. The van der Waals surface area contributed by atoms with Crippen LogP contribution in [0.25, 0.3) is 0 Å². The van der Waals surface area contributed by atoms with Gasteiger partial charge in [0.05, 0.1) is 17.3 Å². The molecule has 0 radical (unpaired) electrons. The Bertz CT molecular complexity index is 494. The Balaban J connectivity index is 1.81. The van der Waals surface area contributed by atoms with Crippen molar-refractivity contribution in [2.45, 2.75) is 18.9 Å². The number of rotatable bonds is 1. The van der Waals surface area contributed by atoms with E-state index in [1.165, 1.54) is 25.1 Å². The number of halogens is 1. The predicted molar refractivity (Wildman–Crippen MR) is 75.7 cm³/mol. The Morgan fingerprint density at radius 1 is 1.28 bits per heavy atom. The van der Waals surface area contributed by atoms with Crippen LogP contribution in [0.2, 0.25) is 0 Å². The second kappa shape index (κ2) is 4.91. The third kappa shape index (κ3) is 2.13. The number of nitrogens with zero attached hydrogens (tertiary/aromatic N) is 3. The summed E-state index contributed by atoms with van der Waals surface area (Å²) in [4.78, 5) is 5.05. The van der Waals surface area contributed by atoms with E-state index in [4.69, 9.17) is 5.26 Å². The summed E-state index contributed by atoms with van der Waals surface area (Å²) in [6.07, 6.45) is 2.66. The number of hydrogen-bond donors (Lipinski definition) is 0. The lowest BCUT2D eigenvalue weighted by Crippen LogP contribution is -2.50. The zero-order valence-corrected chi connectivity index (χ0v) is 11.9. The van der Waals surface area contributed by atoms with E-state index in [0.717, 1.165) is 30.1 Å². The molecule has 1 atom stereocenters. The van der Waals surface area contributed by atoms with Gasteiger partial charge in [0.25, 0.3) is 0 Å². The smallest absolute Gasteiger partial charge is 0.0992 e. The molecule has 3 nitrogen and oxygen atoms in total. The molecule has 3 rings (SSSR count). The topological polar surface area (TPSA) is 30.3 Å². The molecule has 2 fully saturated rings.